The first-order valence-electron chi connectivity index (χ1n) is 9.52. The minimum atomic E-state index is -1.88. The zero-order chi connectivity index (χ0) is 21.8. The molecule has 1 aliphatic carbocycles. The zero-order valence-corrected chi connectivity index (χ0v) is 18.8. The molecule has 0 radical (unpaired) electrons. The van der Waals surface area contributed by atoms with Crippen molar-refractivity contribution in [3.05, 3.63) is 34.4 Å². The summed E-state index contributed by atoms with van der Waals surface area (Å²) in [5.74, 6) is 1.15. The van der Waals surface area contributed by atoms with Gasteiger partial charge >= 0.3 is 6.09 Å². The van der Waals surface area contributed by atoms with Crippen LogP contribution < -0.4 is 10.6 Å². The Labute approximate surface area is 185 Å². The fourth-order valence-corrected chi connectivity index (χ4v) is 3.91. The number of rotatable bonds is 6. The highest BCUT2D eigenvalue weighted by Crippen LogP contribution is 2.36. The van der Waals surface area contributed by atoms with Crippen LogP contribution in [0.3, 0.4) is 0 Å². The van der Waals surface area contributed by atoms with Crippen molar-refractivity contribution in [2.75, 3.05) is 5.32 Å². The van der Waals surface area contributed by atoms with E-state index < -0.39 is 21.0 Å². The van der Waals surface area contributed by atoms with E-state index in [2.05, 4.69) is 31.4 Å². The molecule has 162 valence electrons. The third-order valence-corrected chi connectivity index (χ3v) is 5.85. The van der Waals surface area contributed by atoms with Crippen LogP contribution in [0.15, 0.2) is 24.3 Å². The lowest BCUT2D eigenvalue weighted by Crippen LogP contribution is -2.50. The molecule has 0 spiro atoms. The highest BCUT2D eigenvalue weighted by molar-refractivity contribution is 6.68. The maximum absolute atomic E-state index is 12.5. The van der Waals surface area contributed by atoms with Gasteiger partial charge in [0.15, 0.2) is 0 Å². The van der Waals surface area contributed by atoms with Crippen molar-refractivity contribution in [3.63, 3.8) is 0 Å². The first kappa shape index (κ1) is 23.8. The maximum Gasteiger partial charge on any atom is 0.409 e. The number of halogens is 3. The average molecular weight is 467 g/mol. The van der Waals surface area contributed by atoms with Gasteiger partial charge in [-0.2, -0.15) is 0 Å². The predicted octanol–water partition coefficient (Wildman–Crippen LogP) is 5.89. The van der Waals surface area contributed by atoms with Crippen LogP contribution in [0.1, 0.15) is 40.0 Å². The number of hydrogen-bond donors (Lipinski definition) is 2. The number of hydrogen-bond acceptors (Lipinski definition) is 5. The number of nitrogens with zero attached hydrogens (tertiary/aromatic N) is 1. The van der Waals surface area contributed by atoms with Gasteiger partial charge in [-0.05, 0) is 42.7 Å². The molecule has 0 aromatic heterocycles. The highest BCUT2D eigenvalue weighted by Gasteiger charge is 2.37. The lowest BCUT2D eigenvalue weighted by atomic mass is 9.75. The topological polar surface area (TPSA) is 93.5 Å². The average Bonchev–Trinajstić information content (AvgIpc) is 2.60. The van der Waals surface area contributed by atoms with Gasteiger partial charge in [-0.3, -0.25) is 15.4 Å². The molecule has 1 aromatic rings. The molecule has 0 aliphatic heterocycles. The number of carbonyl (C=O) groups excluding carboxylic acids is 1. The lowest BCUT2D eigenvalue weighted by Gasteiger charge is -2.37. The molecule has 10 heteroatoms. The Morgan fingerprint density at radius 3 is 2.38 bits per heavy atom. The van der Waals surface area contributed by atoms with E-state index in [1.54, 1.807) is 0 Å². The Morgan fingerprint density at radius 1 is 1.24 bits per heavy atom. The number of non-ortho nitro benzene ring substituents is 1. The number of anilines is 1. The van der Waals surface area contributed by atoms with Crippen LogP contribution in [0.25, 0.3) is 0 Å². The number of carbonyl (C=O) groups is 1. The van der Waals surface area contributed by atoms with Gasteiger partial charge in [0.2, 0.25) is 3.79 Å². The second kappa shape index (κ2) is 10.0. The summed E-state index contributed by atoms with van der Waals surface area (Å²) < 4.78 is 3.82. The number of alkyl carbamates (subject to hydrolysis) is 1. The van der Waals surface area contributed by atoms with Crippen molar-refractivity contribution in [1.82, 2.24) is 5.32 Å². The number of benzene rings is 1. The Morgan fingerprint density at radius 2 is 1.86 bits per heavy atom. The summed E-state index contributed by atoms with van der Waals surface area (Å²) in [5, 5.41) is 16.2. The molecular weight excluding hydrogens is 441 g/mol. The second-order valence-corrected chi connectivity index (χ2v) is 10.2. The summed E-state index contributed by atoms with van der Waals surface area (Å²) >= 11 is 18.0. The van der Waals surface area contributed by atoms with Crippen molar-refractivity contribution < 1.29 is 14.5 Å². The molecule has 1 aromatic carbocycles. The maximum atomic E-state index is 12.5. The number of alkyl halides is 3. The standard InChI is InChI=1S/C19H26Cl3N3O4/c1-11(2)15-9-4-12(3)10-16(15)29-18(26)24-17(19(20,21)22)23-13-5-7-14(8-6-13)25(27)28/h5-8,11-12,15-17,23H,4,9-10H2,1-3H3,(H,24,26)/t12-,15+,16+,17-/m0/s1. The molecular formula is C19H26Cl3N3O4. The molecule has 0 bridgehead atoms. The molecule has 2 rings (SSSR count). The molecule has 29 heavy (non-hydrogen) atoms. The van der Waals surface area contributed by atoms with E-state index >= 15 is 0 Å². The summed E-state index contributed by atoms with van der Waals surface area (Å²) in [5.41, 5.74) is 0.373. The van der Waals surface area contributed by atoms with Gasteiger partial charge in [-0.15, -0.1) is 0 Å². The molecule has 1 saturated carbocycles. The molecule has 1 aliphatic rings. The SMILES string of the molecule is CC(C)[C@H]1CC[C@H](C)C[C@H]1OC(=O)N[C@H](Nc1ccc([N+](=O)[O-])cc1)C(Cl)(Cl)Cl. The Hall–Kier alpha value is -1.44. The molecule has 7 nitrogen and oxygen atoms in total. The minimum absolute atomic E-state index is 0.0699. The van der Waals surface area contributed by atoms with E-state index in [0.717, 1.165) is 19.3 Å². The van der Waals surface area contributed by atoms with E-state index in [1.807, 2.05) is 0 Å². The number of nitro benzene ring substituents is 1. The van der Waals surface area contributed by atoms with Gasteiger partial charge in [-0.25, -0.2) is 4.79 Å². The Kier molecular flexibility index (Phi) is 8.26. The van der Waals surface area contributed by atoms with Gasteiger partial charge in [-0.1, -0.05) is 62.0 Å². The lowest BCUT2D eigenvalue weighted by molar-refractivity contribution is -0.384. The predicted molar refractivity (Wildman–Crippen MR) is 116 cm³/mol. The Bertz CT molecular complexity index is 710. The number of ether oxygens (including phenoxy) is 1. The zero-order valence-electron chi connectivity index (χ0n) is 16.5. The van der Waals surface area contributed by atoms with E-state index in [1.165, 1.54) is 24.3 Å². The van der Waals surface area contributed by atoms with E-state index in [-0.39, 0.29) is 17.7 Å². The van der Waals surface area contributed by atoms with Crippen LogP contribution in [-0.4, -0.2) is 27.1 Å². The summed E-state index contributed by atoms with van der Waals surface area (Å²) in [6.45, 7) is 6.38. The van der Waals surface area contributed by atoms with Gasteiger partial charge in [0, 0.05) is 17.8 Å². The van der Waals surface area contributed by atoms with Gasteiger partial charge in [0.05, 0.1) is 4.92 Å². The quantitative estimate of drug-likeness (QED) is 0.236. The molecule has 1 fully saturated rings. The number of nitrogens with one attached hydrogen (secondary N) is 2. The number of amides is 1. The summed E-state index contributed by atoms with van der Waals surface area (Å²) in [7, 11) is 0. The summed E-state index contributed by atoms with van der Waals surface area (Å²) in [4.78, 5) is 22.8. The van der Waals surface area contributed by atoms with E-state index in [0.29, 0.717) is 17.5 Å². The second-order valence-electron chi connectivity index (χ2n) is 7.84. The Balaban J connectivity index is 2.05. The summed E-state index contributed by atoms with van der Waals surface area (Å²) in [6, 6.07) is 5.55. The van der Waals surface area contributed by atoms with Crippen LogP contribution >= 0.6 is 34.8 Å². The van der Waals surface area contributed by atoms with Gasteiger partial charge in [0.1, 0.15) is 12.3 Å². The van der Waals surface area contributed by atoms with Crippen molar-refractivity contribution in [3.8, 4) is 0 Å². The van der Waals surface area contributed by atoms with Crippen LogP contribution in [0.2, 0.25) is 0 Å². The van der Waals surface area contributed by atoms with Crippen molar-refractivity contribution >= 4 is 52.3 Å². The fourth-order valence-electron chi connectivity index (χ4n) is 3.59. The van der Waals surface area contributed by atoms with Crippen LogP contribution in [0.4, 0.5) is 16.2 Å². The highest BCUT2D eigenvalue weighted by atomic mass is 35.6. The third kappa shape index (κ3) is 7.08. The fraction of sp³-hybridized carbons (Fsp3) is 0.632. The van der Waals surface area contributed by atoms with Crippen molar-refractivity contribution in [1.29, 1.82) is 0 Å². The largest absolute Gasteiger partial charge is 0.446 e. The van der Waals surface area contributed by atoms with E-state index in [9.17, 15) is 14.9 Å². The molecule has 1 amide bonds. The number of nitro groups is 1. The first-order chi connectivity index (χ1) is 13.5. The first-order valence-corrected chi connectivity index (χ1v) is 10.7. The molecule has 2 N–H and O–H groups in total. The normalized spacial score (nSPS) is 23.3. The smallest absolute Gasteiger partial charge is 0.409 e. The molecule has 0 unspecified atom stereocenters. The van der Waals surface area contributed by atoms with Gasteiger partial charge in [0.25, 0.3) is 5.69 Å². The summed E-state index contributed by atoms with van der Waals surface area (Å²) in [6.07, 6.45) is 0.938. The molecule has 0 heterocycles. The van der Waals surface area contributed by atoms with E-state index in [4.69, 9.17) is 39.5 Å². The monoisotopic (exact) mass is 465 g/mol. The minimum Gasteiger partial charge on any atom is -0.446 e. The van der Waals surface area contributed by atoms with Crippen LogP contribution in [-0.2, 0) is 4.74 Å². The van der Waals surface area contributed by atoms with Crippen molar-refractivity contribution in [2.45, 2.75) is 56.1 Å². The van der Waals surface area contributed by atoms with Crippen LogP contribution in [0, 0.1) is 27.9 Å². The molecule has 0 saturated heterocycles. The van der Waals surface area contributed by atoms with Gasteiger partial charge < -0.3 is 10.1 Å². The molecule has 4 atom stereocenters. The van der Waals surface area contributed by atoms with Crippen molar-refractivity contribution in [2.24, 2.45) is 17.8 Å². The third-order valence-electron chi connectivity index (χ3n) is 5.20. The van der Waals surface area contributed by atoms with Crippen LogP contribution in [0.5, 0.6) is 0 Å².